The minimum absolute atomic E-state index is 0.0923. The van der Waals surface area contributed by atoms with Gasteiger partial charge in [-0.15, -0.1) is 0 Å². The molecule has 0 bridgehead atoms. The standard InChI is InChI=1S/C20H29N3O2/c1-20(2,3)18(24)14-22-9-11-23(12-10-22)19(25)17-13-15-7-5-6-8-16(15)21(17)4/h5-8,13,18,24H,9-12,14H2,1-4H3. The predicted octanol–water partition coefficient (Wildman–Crippen LogP) is 2.34. The number of nitrogens with zero attached hydrogens (tertiary/aromatic N) is 3. The fraction of sp³-hybridized carbons (Fsp3) is 0.550. The molecule has 1 fully saturated rings. The lowest BCUT2D eigenvalue weighted by atomic mass is 9.89. The third-order valence-electron chi connectivity index (χ3n) is 5.26. The normalized spacial score (nSPS) is 17.9. The molecule has 1 aliphatic heterocycles. The molecule has 3 rings (SSSR count). The number of aliphatic hydroxyl groups excluding tert-OH is 1. The summed E-state index contributed by atoms with van der Waals surface area (Å²) in [6.45, 7) is 9.85. The van der Waals surface area contributed by atoms with Gasteiger partial charge in [0.25, 0.3) is 5.91 Å². The Labute approximate surface area is 149 Å². The van der Waals surface area contributed by atoms with Crippen molar-refractivity contribution in [1.29, 1.82) is 0 Å². The van der Waals surface area contributed by atoms with E-state index in [2.05, 4.69) is 25.7 Å². The van der Waals surface area contributed by atoms with Crippen molar-refractivity contribution >= 4 is 16.8 Å². The van der Waals surface area contributed by atoms with Crippen LogP contribution in [0.25, 0.3) is 10.9 Å². The zero-order valence-corrected chi connectivity index (χ0v) is 15.7. The molecule has 1 saturated heterocycles. The van der Waals surface area contributed by atoms with Crippen LogP contribution in [-0.2, 0) is 7.05 Å². The first-order valence-corrected chi connectivity index (χ1v) is 9.01. The number of aromatic nitrogens is 1. The highest BCUT2D eigenvalue weighted by Crippen LogP contribution is 2.22. The van der Waals surface area contributed by atoms with Crippen LogP contribution in [0.3, 0.4) is 0 Å². The number of hydrogen-bond donors (Lipinski definition) is 1. The van der Waals surface area contributed by atoms with Gasteiger partial charge in [0, 0.05) is 50.7 Å². The molecule has 1 aliphatic rings. The summed E-state index contributed by atoms with van der Waals surface area (Å²) in [5.74, 6) is 0.0923. The van der Waals surface area contributed by atoms with Crippen LogP contribution in [0.1, 0.15) is 31.3 Å². The Bertz CT molecular complexity index is 752. The number of piperazine rings is 1. The van der Waals surface area contributed by atoms with Gasteiger partial charge in [-0.25, -0.2) is 0 Å². The lowest BCUT2D eigenvalue weighted by Gasteiger charge is -2.38. The average molecular weight is 343 g/mol. The highest BCUT2D eigenvalue weighted by atomic mass is 16.3. The first-order valence-electron chi connectivity index (χ1n) is 9.01. The van der Waals surface area contributed by atoms with Crippen LogP contribution in [0.15, 0.2) is 30.3 Å². The van der Waals surface area contributed by atoms with E-state index >= 15 is 0 Å². The molecule has 25 heavy (non-hydrogen) atoms. The van der Waals surface area contributed by atoms with Crippen LogP contribution in [0, 0.1) is 5.41 Å². The number of β-amino-alcohol motifs (C(OH)–C–C–N with tert-alkyl or cyclic N) is 1. The van der Waals surface area contributed by atoms with E-state index in [4.69, 9.17) is 0 Å². The number of rotatable bonds is 3. The first-order chi connectivity index (χ1) is 11.8. The molecule has 5 nitrogen and oxygen atoms in total. The van der Waals surface area contributed by atoms with Crippen molar-refractivity contribution in [2.45, 2.75) is 26.9 Å². The minimum atomic E-state index is -0.354. The minimum Gasteiger partial charge on any atom is -0.391 e. The van der Waals surface area contributed by atoms with Gasteiger partial charge in [0.1, 0.15) is 5.69 Å². The van der Waals surface area contributed by atoms with Crippen molar-refractivity contribution in [2.75, 3.05) is 32.7 Å². The second kappa shape index (κ2) is 6.81. The average Bonchev–Trinajstić information content (AvgIpc) is 2.91. The van der Waals surface area contributed by atoms with Gasteiger partial charge < -0.3 is 14.6 Å². The molecule has 1 aromatic heterocycles. The Hall–Kier alpha value is -1.85. The molecular formula is C20H29N3O2. The summed E-state index contributed by atoms with van der Waals surface area (Å²) in [5, 5.41) is 11.4. The molecule has 1 amide bonds. The van der Waals surface area contributed by atoms with Crippen molar-refractivity contribution < 1.29 is 9.90 Å². The summed E-state index contributed by atoms with van der Waals surface area (Å²) < 4.78 is 1.98. The number of hydrogen-bond acceptors (Lipinski definition) is 3. The lowest BCUT2D eigenvalue weighted by molar-refractivity contribution is 0.0135. The van der Waals surface area contributed by atoms with Gasteiger partial charge in [-0.3, -0.25) is 9.69 Å². The topological polar surface area (TPSA) is 48.7 Å². The number of carbonyl (C=O) groups excluding carboxylic acids is 1. The van der Waals surface area contributed by atoms with Gasteiger partial charge in [-0.05, 0) is 17.5 Å². The second-order valence-electron chi connectivity index (χ2n) is 8.12. The quantitative estimate of drug-likeness (QED) is 0.931. The van der Waals surface area contributed by atoms with E-state index in [0.29, 0.717) is 19.6 Å². The van der Waals surface area contributed by atoms with E-state index in [0.717, 1.165) is 29.7 Å². The Balaban J connectivity index is 1.64. The van der Waals surface area contributed by atoms with E-state index in [1.807, 2.05) is 46.8 Å². The predicted molar refractivity (Wildman–Crippen MR) is 101 cm³/mol. The van der Waals surface area contributed by atoms with Crippen molar-refractivity contribution in [3.8, 4) is 0 Å². The Morgan fingerprint density at radius 3 is 2.40 bits per heavy atom. The highest BCUT2D eigenvalue weighted by molar-refractivity contribution is 5.98. The maximum absolute atomic E-state index is 12.9. The van der Waals surface area contributed by atoms with Crippen molar-refractivity contribution in [2.24, 2.45) is 12.5 Å². The molecule has 0 spiro atoms. The van der Waals surface area contributed by atoms with Crippen molar-refractivity contribution in [3.05, 3.63) is 36.0 Å². The monoisotopic (exact) mass is 343 g/mol. The smallest absolute Gasteiger partial charge is 0.270 e. The van der Waals surface area contributed by atoms with E-state index in [9.17, 15) is 9.90 Å². The fourth-order valence-electron chi connectivity index (χ4n) is 3.31. The van der Waals surface area contributed by atoms with Crippen LogP contribution >= 0.6 is 0 Å². The number of amides is 1. The number of fused-ring (bicyclic) bond motifs is 1. The van der Waals surface area contributed by atoms with Crippen molar-refractivity contribution in [3.63, 3.8) is 0 Å². The van der Waals surface area contributed by atoms with Crippen LogP contribution in [0.5, 0.6) is 0 Å². The SMILES string of the molecule is Cn1c(C(=O)N2CCN(CC(O)C(C)(C)C)CC2)cc2ccccc21. The van der Waals surface area contributed by atoms with E-state index < -0.39 is 0 Å². The molecule has 1 unspecified atom stereocenters. The van der Waals surface area contributed by atoms with Crippen molar-refractivity contribution in [1.82, 2.24) is 14.4 Å². The maximum Gasteiger partial charge on any atom is 0.270 e. The molecule has 1 aromatic carbocycles. The molecule has 1 N–H and O–H groups in total. The molecule has 0 saturated carbocycles. The van der Waals surface area contributed by atoms with Gasteiger partial charge in [0.15, 0.2) is 0 Å². The molecule has 1 atom stereocenters. The largest absolute Gasteiger partial charge is 0.391 e. The third kappa shape index (κ3) is 3.72. The molecule has 0 aliphatic carbocycles. The summed E-state index contributed by atoms with van der Waals surface area (Å²) >= 11 is 0. The summed E-state index contributed by atoms with van der Waals surface area (Å²) in [6, 6.07) is 10.1. The van der Waals surface area contributed by atoms with Gasteiger partial charge in [0.2, 0.25) is 0 Å². The molecule has 2 heterocycles. The Morgan fingerprint density at radius 1 is 1.16 bits per heavy atom. The molecular weight excluding hydrogens is 314 g/mol. The van der Waals surface area contributed by atoms with Crippen LogP contribution in [-0.4, -0.2) is 64.2 Å². The molecule has 2 aromatic rings. The Morgan fingerprint density at radius 2 is 1.80 bits per heavy atom. The third-order valence-corrected chi connectivity index (χ3v) is 5.26. The van der Waals surface area contributed by atoms with Crippen LogP contribution < -0.4 is 0 Å². The first kappa shape index (κ1) is 18.0. The molecule has 5 heteroatoms. The maximum atomic E-state index is 12.9. The lowest BCUT2D eigenvalue weighted by Crippen LogP contribution is -2.51. The number of carbonyl (C=O) groups is 1. The summed E-state index contributed by atoms with van der Waals surface area (Å²) in [6.07, 6.45) is -0.354. The van der Waals surface area contributed by atoms with E-state index in [-0.39, 0.29) is 17.4 Å². The molecule has 0 radical (unpaired) electrons. The zero-order valence-electron chi connectivity index (χ0n) is 15.7. The number of benzene rings is 1. The van der Waals surface area contributed by atoms with Gasteiger partial charge >= 0.3 is 0 Å². The van der Waals surface area contributed by atoms with E-state index in [1.54, 1.807) is 0 Å². The number of aryl methyl sites for hydroxylation is 1. The van der Waals surface area contributed by atoms with Gasteiger partial charge in [-0.2, -0.15) is 0 Å². The number of para-hydroxylation sites is 1. The summed E-state index contributed by atoms with van der Waals surface area (Å²) in [7, 11) is 1.95. The second-order valence-corrected chi connectivity index (χ2v) is 8.12. The molecule has 136 valence electrons. The highest BCUT2D eigenvalue weighted by Gasteiger charge is 2.28. The zero-order chi connectivity index (χ0) is 18.2. The Kier molecular flexibility index (Phi) is 4.89. The van der Waals surface area contributed by atoms with Crippen LogP contribution in [0.2, 0.25) is 0 Å². The van der Waals surface area contributed by atoms with Gasteiger partial charge in [-0.1, -0.05) is 39.0 Å². The summed E-state index contributed by atoms with van der Waals surface area (Å²) in [4.78, 5) is 17.1. The van der Waals surface area contributed by atoms with Crippen LogP contribution in [0.4, 0.5) is 0 Å². The fourth-order valence-corrected chi connectivity index (χ4v) is 3.31. The number of aliphatic hydroxyl groups is 1. The van der Waals surface area contributed by atoms with Gasteiger partial charge in [0.05, 0.1) is 6.10 Å². The van der Waals surface area contributed by atoms with E-state index in [1.165, 1.54) is 0 Å². The summed E-state index contributed by atoms with van der Waals surface area (Å²) in [5.41, 5.74) is 1.71.